The normalized spacial score (nSPS) is 37.2. The Morgan fingerprint density at radius 1 is 1.03 bits per heavy atom. The van der Waals surface area contributed by atoms with E-state index in [1.54, 1.807) is 13.0 Å². The summed E-state index contributed by atoms with van der Waals surface area (Å²) < 4.78 is 11.5. The van der Waals surface area contributed by atoms with Crippen molar-refractivity contribution in [1.82, 2.24) is 0 Å². The molecule has 0 aromatic heterocycles. The molecule has 2 aliphatic carbocycles. The van der Waals surface area contributed by atoms with E-state index < -0.39 is 46.7 Å². The van der Waals surface area contributed by atoms with Gasteiger partial charge in [0.15, 0.2) is 0 Å². The number of rotatable bonds is 4. The zero-order chi connectivity index (χ0) is 23.2. The highest BCUT2D eigenvalue weighted by Gasteiger charge is 2.63. The third kappa shape index (κ3) is 4.34. The van der Waals surface area contributed by atoms with Gasteiger partial charge in [-0.1, -0.05) is 32.9 Å². The zero-order valence-corrected chi connectivity index (χ0v) is 18.7. The standard InChI is InChI=1S/C24H32O7/c1-14(2)24(29)11-10-23(5)19(30-15(3)25)13-22(4,28)12-18(20(23)24)31-21(27)16-6-8-17(26)9-7-16/h6-11,14,18-20,26,28-29H,12-13H2,1-5H3/t18-,19+,20+,22+,23-,24-/m0/s1. The predicted octanol–water partition coefficient (Wildman–Crippen LogP) is 2.97. The van der Waals surface area contributed by atoms with Crippen LogP contribution in [-0.2, 0) is 14.3 Å². The zero-order valence-electron chi connectivity index (χ0n) is 18.7. The number of carbonyl (C=O) groups is 2. The average molecular weight is 433 g/mol. The van der Waals surface area contributed by atoms with Crippen LogP contribution < -0.4 is 0 Å². The van der Waals surface area contributed by atoms with Crippen molar-refractivity contribution < 1.29 is 34.4 Å². The summed E-state index contributed by atoms with van der Waals surface area (Å²) in [6.07, 6.45) is 2.21. The smallest absolute Gasteiger partial charge is 0.338 e. The van der Waals surface area contributed by atoms with Crippen molar-refractivity contribution in [2.45, 2.75) is 70.9 Å². The van der Waals surface area contributed by atoms with Crippen LogP contribution in [0.3, 0.4) is 0 Å². The molecule has 1 saturated carbocycles. The molecule has 0 unspecified atom stereocenters. The lowest BCUT2D eigenvalue weighted by molar-refractivity contribution is -0.162. The van der Waals surface area contributed by atoms with Crippen LogP contribution in [0.25, 0.3) is 0 Å². The Kier molecular flexibility index (Phi) is 5.97. The molecule has 3 N–H and O–H groups in total. The van der Waals surface area contributed by atoms with Gasteiger partial charge in [0.25, 0.3) is 0 Å². The minimum atomic E-state index is -1.33. The van der Waals surface area contributed by atoms with E-state index in [-0.39, 0.29) is 30.1 Å². The maximum Gasteiger partial charge on any atom is 0.338 e. The Hall–Kier alpha value is -2.38. The first-order valence-corrected chi connectivity index (χ1v) is 10.6. The fraction of sp³-hybridized carbons (Fsp3) is 0.583. The Bertz CT molecular complexity index is 872. The molecule has 0 aliphatic heterocycles. The highest BCUT2D eigenvalue weighted by molar-refractivity contribution is 5.89. The quantitative estimate of drug-likeness (QED) is 0.495. The first-order chi connectivity index (χ1) is 14.3. The van der Waals surface area contributed by atoms with E-state index in [0.29, 0.717) is 0 Å². The Balaban J connectivity index is 2.05. The van der Waals surface area contributed by atoms with Crippen molar-refractivity contribution in [3.63, 3.8) is 0 Å². The lowest BCUT2D eigenvalue weighted by Gasteiger charge is -2.45. The summed E-state index contributed by atoms with van der Waals surface area (Å²) in [5.74, 6) is -1.92. The summed E-state index contributed by atoms with van der Waals surface area (Å²) in [4.78, 5) is 24.7. The second-order valence-corrected chi connectivity index (χ2v) is 9.71. The number of aromatic hydroxyl groups is 1. The van der Waals surface area contributed by atoms with Crippen LogP contribution in [0, 0.1) is 17.3 Å². The highest BCUT2D eigenvalue weighted by atomic mass is 16.6. The number of benzene rings is 1. The van der Waals surface area contributed by atoms with E-state index in [1.807, 2.05) is 26.8 Å². The van der Waals surface area contributed by atoms with Crippen LogP contribution in [-0.4, -0.2) is 50.7 Å². The molecule has 0 bridgehead atoms. The van der Waals surface area contributed by atoms with Gasteiger partial charge in [0.1, 0.15) is 18.0 Å². The highest BCUT2D eigenvalue weighted by Crippen LogP contribution is 2.56. The molecule has 2 aliphatic rings. The number of fused-ring (bicyclic) bond motifs is 1. The molecule has 7 heteroatoms. The van der Waals surface area contributed by atoms with E-state index in [1.165, 1.54) is 31.2 Å². The number of ether oxygens (including phenoxy) is 2. The molecule has 31 heavy (non-hydrogen) atoms. The summed E-state index contributed by atoms with van der Waals surface area (Å²) in [5, 5.41) is 32.2. The van der Waals surface area contributed by atoms with Crippen LogP contribution in [0.2, 0.25) is 0 Å². The van der Waals surface area contributed by atoms with Gasteiger partial charge in [-0.2, -0.15) is 0 Å². The van der Waals surface area contributed by atoms with Crippen LogP contribution in [0.5, 0.6) is 5.75 Å². The molecule has 1 fully saturated rings. The van der Waals surface area contributed by atoms with E-state index in [4.69, 9.17) is 9.47 Å². The minimum Gasteiger partial charge on any atom is -0.508 e. The van der Waals surface area contributed by atoms with Crippen molar-refractivity contribution >= 4 is 11.9 Å². The molecule has 0 heterocycles. The third-order valence-corrected chi connectivity index (χ3v) is 6.80. The van der Waals surface area contributed by atoms with E-state index in [2.05, 4.69) is 0 Å². The number of aliphatic hydroxyl groups is 2. The lowest BCUT2D eigenvalue weighted by Crippen LogP contribution is -2.53. The fourth-order valence-electron chi connectivity index (χ4n) is 5.11. The largest absolute Gasteiger partial charge is 0.508 e. The van der Waals surface area contributed by atoms with Crippen molar-refractivity contribution in [1.29, 1.82) is 0 Å². The molecule has 3 rings (SSSR count). The van der Waals surface area contributed by atoms with E-state index >= 15 is 0 Å². The molecular weight excluding hydrogens is 400 g/mol. The van der Waals surface area contributed by atoms with Crippen LogP contribution in [0.1, 0.15) is 57.8 Å². The first kappa shape index (κ1) is 23.3. The van der Waals surface area contributed by atoms with Gasteiger partial charge in [-0.15, -0.1) is 0 Å². The predicted molar refractivity (Wildman–Crippen MR) is 113 cm³/mol. The molecule has 0 amide bonds. The van der Waals surface area contributed by atoms with Gasteiger partial charge in [-0.3, -0.25) is 4.79 Å². The molecule has 170 valence electrons. The van der Waals surface area contributed by atoms with Crippen molar-refractivity contribution in [2.24, 2.45) is 17.3 Å². The van der Waals surface area contributed by atoms with E-state index in [0.717, 1.165) is 0 Å². The Morgan fingerprint density at radius 3 is 2.19 bits per heavy atom. The molecule has 0 spiro atoms. The number of carbonyl (C=O) groups excluding carboxylic acids is 2. The molecule has 0 radical (unpaired) electrons. The summed E-state index contributed by atoms with van der Waals surface area (Å²) in [6, 6.07) is 5.69. The molecule has 0 saturated heterocycles. The Morgan fingerprint density at radius 2 is 1.65 bits per heavy atom. The summed E-state index contributed by atoms with van der Waals surface area (Å²) in [5.41, 5.74) is -3.23. The van der Waals surface area contributed by atoms with Crippen LogP contribution in [0.15, 0.2) is 36.4 Å². The maximum absolute atomic E-state index is 12.9. The second-order valence-electron chi connectivity index (χ2n) is 9.71. The van der Waals surface area contributed by atoms with Crippen molar-refractivity contribution in [3.8, 4) is 5.75 Å². The van der Waals surface area contributed by atoms with Gasteiger partial charge in [0.05, 0.1) is 16.8 Å². The topological polar surface area (TPSA) is 113 Å². The van der Waals surface area contributed by atoms with Gasteiger partial charge < -0.3 is 24.8 Å². The fourth-order valence-corrected chi connectivity index (χ4v) is 5.11. The van der Waals surface area contributed by atoms with E-state index in [9.17, 15) is 24.9 Å². The monoisotopic (exact) mass is 432 g/mol. The van der Waals surface area contributed by atoms with Crippen molar-refractivity contribution in [2.75, 3.05) is 0 Å². The molecule has 6 atom stereocenters. The summed E-state index contributed by atoms with van der Waals surface area (Å²) >= 11 is 0. The number of hydrogen-bond acceptors (Lipinski definition) is 7. The summed E-state index contributed by atoms with van der Waals surface area (Å²) in [6.45, 7) is 8.55. The Labute approximate surface area is 182 Å². The number of esters is 2. The van der Waals surface area contributed by atoms with Gasteiger partial charge in [0.2, 0.25) is 0 Å². The molecule has 1 aromatic carbocycles. The SMILES string of the molecule is CC(=O)O[C@@H]1C[C@](C)(O)C[C@H](OC(=O)c2ccc(O)cc2)[C@@H]2[C@@]1(C)C=C[C@]2(O)C(C)C. The van der Waals surface area contributed by atoms with Crippen molar-refractivity contribution in [3.05, 3.63) is 42.0 Å². The van der Waals surface area contributed by atoms with Crippen LogP contribution in [0.4, 0.5) is 0 Å². The van der Waals surface area contributed by atoms with Gasteiger partial charge in [-0.25, -0.2) is 4.79 Å². The summed E-state index contributed by atoms with van der Waals surface area (Å²) in [7, 11) is 0. The minimum absolute atomic E-state index is 0.0277. The van der Waals surface area contributed by atoms with Gasteiger partial charge in [-0.05, 0) is 37.1 Å². The molecule has 7 nitrogen and oxygen atoms in total. The second kappa shape index (κ2) is 7.95. The average Bonchev–Trinajstić information content (AvgIpc) is 2.89. The van der Waals surface area contributed by atoms with Gasteiger partial charge >= 0.3 is 11.9 Å². The van der Waals surface area contributed by atoms with Gasteiger partial charge in [0, 0.05) is 31.1 Å². The van der Waals surface area contributed by atoms with Crippen LogP contribution >= 0.6 is 0 Å². The first-order valence-electron chi connectivity index (χ1n) is 10.6. The molecular formula is C24H32O7. The number of phenolic OH excluding ortho intramolecular Hbond substituents is 1. The maximum atomic E-state index is 12.9. The lowest BCUT2D eigenvalue weighted by atomic mass is 9.65. The molecule has 1 aromatic rings. The number of hydrogen-bond donors (Lipinski definition) is 3. The third-order valence-electron chi connectivity index (χ3n) is 6.80. The number of phenols is 1.